The van der Waals surface area contributed by atoms with Gasteiger partial charge in [-0.3, -0.25) is 14.4 Å². The fourth-order valence-corrected chi connectivity index (χ4v) is 5.19. The van der Waals surface area contributed by atoms with E-state index in [9.17, 15) is 14.4 Å². The summed E-state index contributed by atoms with van der Waals surface area (Å²) in [5.41, 5.74) is 0.985. The predicted molar refractivity (Wildman–Crippen MR) is 161 cm³/mol. The summed E-state index contributed by atoms with van der Waals surface area (Å²) in [7, 11) is 0. The van der Waals surface area contributed by atoms with E-state index in [1.807, 2.05) is 32.0 Å². The summed E-state index contributed by atoms with van der Waals surface area (Å²) >= 11 is 0. The van der Waals surface area contributed by atoms with Gasteiger partial charge < -0.3 is 20.9 Å². The number of fused-ring (bicyclic) bond motifs is 1. The van der Waals surface area contributed by atoms with Gasteiger partial charge in [0, 0.05) is 25.4 Å². The lowest BCUT2D eigenvalue weighted by molar-refractivity contribution is -0.142. The summed E-state index contributed by atoms with van der Waals surface area (Å²) in [4.78, 5) is 41.6. The normalized spacial score (nSPS) is 15.8. The number of halogens is 1. The number of amides is 3. The maximum atomic E-state index is 13.5. The fraction of sp³-hybridized carbons (Fsp3) is 0.581. The number of nitrogens with zero attached hydrogens (tertiary/aromatic N) is 1. The minimum absolute atomic E-state index is 0. The minimum Gasteiger partial charge on any atom is -0.354 e. The maximum Gasteiger partial charge on any atom is 0.243 e. The highest BCUT2D eigenvalue weighted by Crippen LogP contribution is 2.23. The molecule has 0 aromatic heterocycles. The quantitative estimate of drug-likeness (QED) is 0.298. The van der Waals surface area contributed by atoms with E-state index in [0.717, 1.165) is 55.1 Å². The first-order valence-corrected chi connectivity index (χ1v) is 14.4. The van der Waals surface area contributed by atoms with E-state index >= 15 is 0 Å². The van der Waals surface area contributed by atoms with Crippen molar-refractivity contribution in [3.05, 3.63) is 48.0 Å². The maximum absolute atomic E-state index is 13.5. The molecule has 2 aromatic rings. The van der Waals surface area contributed by atoms with Crippen LogP contribution in [0.1, 0.15) is 65.4 Å². The monoisotopic (exact) mass is 558 g/mol. The average Bonchev–Trinajstić information content (AvgIpc) is 3.41. The van der Waals surface area contributed by atoms with Crippen molar-refractivity contribution < 1.29 is 14.4 Å². The Morgan fingerprint density at radius 3 is 2.41 bits per heavy atom. The van der Waals surface area contributed by atoms with E-state index in [4.69, 9.17) is 0 Å². The van der Waals surface area contributed by atoms with Crippen LogP contribution in [0.25, 0.3) is 10.8 Å². The molecule has 0 aliphatic carbocycles. The van der Waals surface area contributed by atoms with Crippen molar-refractivity contribution in [2.75, 3.05) is 26.2 Å². The van der Waals surface area contributed by atoms with Crippen molar-refractivity contribution in [1.82, 2.24) is 20.9 Å². The van der Waals surface area contributed by atoms with Gasteiger partial charge in [0.25, 0.3) is 0 Å². The number of carbonyl (C=O) groups is 3. The van der Waals surface area contributed by atoms with Crippen LogP contribution in [-0.4, -0.2) is 60.9 Å². The highest BCUT2D eigenvalue weighted by atomic mass is 35.5. The summed E-state index contributed by atoms with van der Waals surface area (Å²) in [6, 6.07) is 13.0. The van der Waals surface area contributed by atoms with E-state index in [1.54, 1.807) is 4.90 Å². The molecule has 216 valence electrons. The molecule has 2 atom stereocenters. The average molecular weight is 559 g/mol. The molecule has 1 aliphatic rings. The third-order valence-electron chi connectivity index (χ3n) is 7.44. The Balaban J connectivity index is 0.00000533. The first-order valence-electron chi connectivity index (χ1n) is 14.4. The first kappa shape index (κ1) is 32.6. The van der Waals surface area contributed by atoms with Gasteiger partial charge in [-0.2, -0.15) is 0 Å². The molecule has 2 aromatic carbocycles. The second-order valence-corrected chi connectivity index (χ2v) is 10.9. The highest BCUT2D eigenvalue weighted by molar-refractivity contribution is 5.93. The van der Waals surface area contributed by atoms with Gasteiger partial charge in [-0.25, -0.2) is 0 Å². The third kappa shape index (κ3) is 9.50. The molecule has 1 unspecified atom stereocenters. The van der Waals surface area contributed by atoms with Gasteiger partial charge in [-0.1, -0.05) is 70.2 Å². The van der Waals surface area contributed by atoms with E-state index < -0.39 is 12.1 Å². The van der Waals surface area contributed by atoms with Gasteiger partial charge >= 0.3 is 0 Å². The van der Waals surface area contributed by atoms with Crippen molar-refractivity contribution in [2.24, 2.45) is 11.8 Å². The topological polar surface area (TPSA) is 90.5 Å². The molecule has 0 spiro atoms. The van der Waals surface area contributed by atoms with Crippen molar-refractivity contribution in [3.63, 3.8) is 0 Å². The third-order valence-corrected chi connectivity index (χ3v) is 7.44. The van der Waals surface area contributed by atoms with Crippen LogP contribution in [-0.2, 0) is 20.8 Å². The Bertz CT molecular complexity index is 1070. The van der Waals surface area contributed by atoms with Crippen molar-refractivity contribution in [1.29, 1.82) is 0 Å². The second-order valence-electron chi connectivity index (χ2n) is 10.9. The highest BCUT2D eigenvalue weighted by Gasteiger charge is 2.37. The largest absolute Gasteiger partial charge is 0.354 e. The molecule has 0 bridgehead atoms. The number of nitrogens with one attached hydrogen (secondary N) is 3. The van der Waals surface area contributed by atoms with Crippen LogP contribution in [0.4, 0.5) is 0 Å². The van der Waals surface area contributed by atoms with Crippen LogP contribution in [0.5, 0.6) is 0 Å². The molecule has 1 fully saturated rings. The van der Waals surface area contributed by atoms with Gasteiger partial charge in [-0.05, 0) is 67.4 Å². The Labute approximate surface area is 240 Å². The van der Waals surface area contributed by atoms with Crippen LogP contribution in [0.15, 0.2) is 42.5 Å². The lowest BCUT2D eigenvalue weighted by Crippen LogP contribution is -2.54. The zero-order valence-electron chi connectivity index (χ0n) is 24.0. The summed E-state index contributed by atoms with van der Waals surface area (Å²) < 4.78 is 0. The molecule has 0 radical (unpaired) electrons. The first-order chi connectivity index (χ1) is 18.3. The van der Waals surface area contributed by atoms with Gasteiger partial charge in [0.2, 0.25) is 17.7 Å². The van der Waals surface area contributed by atoms with Gasteiger partial charge in [0.05, 0.1) is 0 Å². The molecule has 3 amide bonds. The van der Waals surface area contributed by atoms with Crippen LogP contribution in [0.3, 0.4) is 0 Å². The molecule has 39 heavy (non-hydrogen) atoms. The lowest BCUT2D eigenvalue weighted by Gasteiger charge is -2.29. The van der Waals surface area contributed by atoms with Gasteiger partial charge in [0.1, 0.15) is 12.1 Å². The molecule has 7 nitrogen and oxygen atoms in total. The molecule has 1 saturated heterocycles. The van der Waals surface area contributed by atoms with Gasteiger partial charge in [0.15, 0.2) is 0 Å². The number of carbonyl (C=O) groups excluding carboxylic acids is 3. The molecule has 8 heteroatoms. The molecule has 3 N–H and O–H groups in total. The molecule has 1 aliphatic heterocycles. The smallest absolute Gasteiger partial charge is 0.243 e. The Kier molecular flexibility index (Phi) is 13.7. The Hall–Kier alpha value is -2.64. The SMILES string of the molecule is CCC(CC)C(=O)N1CCCC1C(=O)N[C@H](Cc1ccc2ccccc2c1)C(=O)NCCCNCC(C)C.Cl. The summed E-state index contributed by atoms with van der Waals surface area (Å²) in [5, 5.41) is 11.7. The number of hydrogen-bond donors (Lipinski definition) is 3. The van der Waals surface area contributed by atoms with E-state index in [1.165, 1.54) is 0 Å². The predicted octanol–water partition coefficient (Wildman–Crippen LogP) is 4.47. The van der Waals surface area contributed by atoms with Crippen LogP contribution >= 0.6 is 12.4 Å². The van der Waals surface area contributed by atoms with E-state index in [0.29, 0.717) is 31.8 Å². The van der Waals surface area contributed by atoms with Crippen molar-refractivity contribution >= 4 is 40.9 Å². The second kappa shape index (κ2) is 16.5. The molecule has 3 rings (SSSR count). The molecular formula is C31H47ClN4O3. The summed E-state index contributed by atoms with van der Waals surface area (Å²) in [6.45, 7) is 11.3. The fourth-order valence-electron chi connectivity index (χ4n) is 5.19. The van der Waals surface area contributed by atoms with Crippen LogP contribution in [0.2, 0.25) is 0 Å². The summed E-state index contributed by atoms with van der Waals surface area (Å²) in [6.07, 6.45) is 4.16. The van der Waals surface area contributed by atoms with Crippen molar-refractivity contribution in [2.45, 2.75) is 78.3 Å². The number of rotatable bonds is 14. The van der Waals surface area contributed by atoms with E-state index in [-0.39, 0.29) is 36.0 Å². The number of likely N-dealkylation sites (tertiary alicyclic amines) is 1. The van der Waals surface area contributed by atoms with Crippen LogP contribution < -0.4 is 16.0 Å². The van der Waals surface area contributed by atoms with Gasteiger partial charge in [-0.15, -0.1) is 12.4 Å². The zero-order valence-corrected chi connectivity index (χ0v) is 24.8. The lowest BCUT2D eigenvalue weighted by atomic mass is 10.00. The minimum atomic E-state index is -0.710. The Morgan fingerprint density at radius 1 is 1.00 bits per heavy atom. The summed E-state index contributed by atoms with van der Waals surface area (Å²) in [5.74, 6) is 0.146. The Morgan fingerprint density at radius 2 is 1.72 bits per heavy atom. The number of hydrogen-bond acceptors (Lipinski definition) is 4. The molecule has 1 heterocycles. The molecular weight excluding hydrogens is 512 g/mol. The molecule has 0 saturated carbocycles. The van der Waals surface area contributed by atoms with Crippen LogP contribution in [0, 0.1) is 11.8 Å². The number of benzene rings is 2. The zero-order chi connectivity index (χ0) is 27.5. The van der Waals surface area contributed by atoms with E-state index in [2.05, 4.69) is 54.1 Å². The van der Waals surface area contributed by atoms with Crippen molar-refractivity contribution in [3.8, 4) is 0 Å². The standard InChI is InChI=1S/C31H46N4O3.ClH/c1-5-24(6-2)31(38)35-18-9-13-28(35)30(37)34-27(29(36)33-17-10-16-32-21-22(3)4)20-23-14-15-25-11-7-8-12-26(25)19-23;/h7-8,11-12,14-15,19,22,24,27-28,32H,5-6,9-10,13,16-18,20-21H2,1-4H3,(H,33,36)(H,34,37);1H/t27-,28?;/m1./s1.